The molecule has 64 heavy (non-hydrogen) atoms. The molecule has 0 unspecified atom stereocenters. The predicted molar refractivity (Wildman–Crippen MR) is 264 cm³/mol. The Kier molecular flexibility index (Phi) is 10.4. The monoisotopic (exact) mass is 1020 g/mol. The predicted octanol–water partition coefficient (Wildman–Crippen LogP) is 16.2. The number of hydrogen-bond acceptors (Lipinski definition) is 4. The smallest absolute Gasteiger partial charge is 0.216 e. The summed E-state index contributed by atoms with van der Waals surface area (Å²) in [5.41, 5.74) is 9.00. The van der Waals surface area contributed by atoms with Gasteiger partial charge in [0.1, 0.15) is 0 Å². The van der Waals surface area contributed by atoms with Crippen LogP contribution in [0.3, 0.4) is 0 Å². The second-order valence-electron chi connectivity index (χ2n) is 17.4. The van der Waals surface area contributed by atoms with Crippen molar-refractivity contribution in [3.63, 3.8) is 0 Å². The minimum atomic E-state index is -2.36. The minimum Gasteiger partial charge on any atom is -0.486 e. The molecule has 0 amide bonds. The maximum atomic E-state index is 9.35. The zero-order valence-corrected chi connectivity index (χ0v) is 39.4. The van der Waals surface area contributed by atoms with E-state index in [0.717, 1.165) is 55.4 Å². The summed E-state index contributed by atoms with van der Waals surface area (Å²) in [6.45, 7) is 10.9. The molecule has 321 valence electrons. The zero-order valence-electron chi connectivity index (χ0n) is 44.0. The molecule has 6 aromatic carbocycles. The van der Waals surface area contributed by atoms with Gasteiger partial charge in [0.15, 0.2) is 0 Å². The molecule has 0 aliphatic heterocycles. The second kappa shape index (κ2) is 18.5. The number of benzene rings is 6. The van der Waals surface area contributed by atoms with Crippen molar-refractivity contribution >= 4 is 43.6 Å². The molecule has 0 aliphatic carbocycles. The van der Waals surface area contributed by atoms with Crippen LogP contribution < -0.4 is 0 Å². The molecule has 0 spiro atoms. The SMILES string of the molecule is [2H]C([2H])([2H])c1ccc2c(n1)oc1c(-c3cc(-c4c(C([2H])(C)C)cc(-c5ccc6c(ccc7ccccc76)c5)cc4C([2H])(C)C)ccn3)[c-]ccc12.[2H]C([2H])(c1ccnc(-c2[c-]cccc2)c1)C(C)(C)C.[Ir]. The molecule has 0 N–H and O–H groups in total. The molecule has 0 saturated carbocycles. The Labute approximate surface area is 401 Å². The van der Waals surface area contributed by atoms with Crippen molar-refractivity contribution in [3.8, 4) is 44.8 Å². The number of aromatic nitrogens is 3. The zero-order chi connectivity index (χ0) is 50.0. The second-order valence-corrected chi connectivity index (χ2v) is 17.4. The fraction of sp³-hybridized carbons (Fsp3) is 0.203. The Morgan fingerprint density at radius 2 is 1.36 bits per heavy atom. The van der Waals surface area contributed by atoms with Crippen molar-refractivity contribution in [1.29, 1.82) is 0 Å². The van der Waals surface area contributed by atoms with Gasteiger partial charge in [-0.2, -0.15) is 0 Å². The van der Waals surface area contributed by atoms with E-state index >= 15 is 0 Å². The molecule has 0 bridgehead atoms. The summed E-state index contributed by atoms with van der Waals surface area (Å²) in [5, 5.41) is 6.21. The summed E-state index contributed by atoms with van der Waals surface area (Å²) in [5.74, 6) is -2.00. The normalized spacial score (nSPS) is 14.0. The van der Waals surface area contributed by atoms with Crippen LogP contribution in [-0.2, 0) is 26.5 Å². The first-order valence-corrected chi connectivity index (χ1v) is 21.2. The third kappa shape index (κ3) is 9.20. The van der Waals surface area contributed by atoms with E-state index in [-0.39, 0.29) is 31.5 Å². The molecule has 4 aromatic heterocycles. The Morgan fingerprint density at radius 3 is 2.11 bits per heavy atom. The topological polar surface area (TPSA) is 51.8 Å². The minimum absolute atomic E-state index is 0. The Balaban J connectivity index is 0.000000285. The summed E-state index contributed by atoms with van der Waals surface area (Å²) in [7, 11) is 0. The first-order chi connectivity index (χ1) is 33.0. The Morgan fingerprint density at radius 1 is 0.641 bits per heavy atom. The molecule has 0 atom stereocenters. The van der Waals surface area contributed by atoms with E-state index in [1.165, 1.54) is 22.2 Å². The van der Waals surface area contributed by atoms with Gasteiger partial charge in [-0.25, -0.2) is 4.98 Å². The van der Waals surface area contributed by atoms with Gasteiger partial charge in [-0.3, -0.25) is 0 Å². The molecule has 0 aliphatic rings. The first-order valence-electron chi connectivity index (χ1n) is 24.7. The van der Waals surface area contributed by atoms with Crippen LogP contribution in [0, 0.1) is 24.4 Å². The maximum absolute atomic E-state index is 9.35. The summed E-state index contributed by atoms with van der Waals surface area (Å²) >= 11 is 0. The Hall–Kier alpha value is -6.26. The van der Waals surface area contributed by atoms with Gasteiger partial charge < -0.3 is 14.4 Å². The van der Waals surface area contributed by atoms with E-state index in [4.69, 9.17) is 16.3 Å². The number of pyridine rings is 3. The van der Waals surface area contributed by atoms with E-state index in [1.807, 2.05) is 97.0 Å². The van der Waals surface area contributed by atoms with E-state index in [0.29, 0.717) is 27.8 Å². The molecule has 5 heteroatoms. The van der Waals surface area contributed by atoms with Crippen LogP contribution in [0.2, 0.25) is 0 Å². The molecule has 4 nitrogen and oxygen atoms in total. The van der Waals surface area contributed by atoms with Gasteiger partial charge in [0.05, 0.1) is 5.58 Å². The van der Waals surface area contributed by atoms with Crippen molar-refractivity contribution in [1.82, 2.24) is 15.0 Å². The molecule has 10 aromatic rings. The van der Waals surface area contributed by atoms with Gasteiger partial charge in [0.2, 0.25) is 5.71 Å². The van der Waals surface area contributed by atoms with Gasteiger partial charge in [-0.1, -0.05) is 138 Å². The van der Waals surface area contributed by atoms with Crippen LogP contribution in [0.25, 0.3) is 88.4 Å². The molecule has 10 rings (SSSR count). The average Bonchev–Trinajstić information content (AvgIpc) is 3.71. The van der Waals surface area contributed by atoms with E-state index < -0.39 is 30.4 Å². The van der Waals surface area contributed by atoms with Crippen LogP contribution in [0.1, 0.15) is 92.2 Å². The fourth-order valence-electron chi connectivity index (χ4n) is 8.28. The van der Waals surface area contributed by atoms with Gasteiger partial charge in [-0.15, -0.1) is 54.1 Å². The third-order valence-electron chi connectivity index (χ3n) is 11.2. The van der Waals surface area contributed by atoms with Crippen LogP contribution in [-0.4, -0.2) is 15.0 Å². The van der Waals surface area contributed by atoms with Gasteiger partial charge >= 0.3 is 0 Å². The van der Waals surface area contributed by atoms with E-state index in [2.05, 4.69) is 88.8 Å². The standard InChI is InChI=1S/C43H35N2O.C16H18N.Ir/c1-25(2)38-22-32(29-16-18-34-30(21-29)15-14-28-9-6-7-10-33(28)34)23-39(26(3)4)41(38)31-19-20-44-40(24-31)37-12-8-11-35-36-17-13-27(5)45-43(36)46-42(35)37;1-16(2,3)12-13-9-10-17-15(11-13)14-7-5-4-6-8-14;/h6-11,13-26H,1-5H3;4-7,9-11H,12H2,1-3H3;/q2*-1;/i5D3,25D,26D;12D2;. The molecule has 4 heterocycles. The van der Waals surface area contributed by atoms with Gasteiger partial charge in [-0.05, 0) is 127 Å². The average molecular weight is 1020 g/mol. The quantitative estimate of drug-likeness (QED) is 0.118. The number of furan rings is 1. The number of hydrogen-bond donors (Lipinski definition) is 0. The number of rotatable bonds is 7. The molecule has 0 fully saturated rings. The van der Waals surface area contributed by atoms with Crippen LogP contribution in [0.4, 0.5) is 0 Å². The van der Waals surface area contributed by atoms with Crippen molar-refractivity contribution in [2.45, 2.75) is 73.5 Å². The van der Waals surface area contributed by atoms with Gasteiger partial charge in [0.25, 0.3) is 0 Å². The van der Waals surface area contributed by atoms with Crippen molar-refractivity contribution < 1.29 is 34.1 Å². The molecular weight excluding hydrogens is 959 g/mol. The van der Waals surface area contributed by atoms with Crippen molar-refractivity contribution in [2.75, 3.05) is 0 Å². The Bertz CT molecular complexity index is 3550. The summed E-state index contributed by atoms with van der Waals surface area (Å²) in [4.78, 5) is 13.3. The van der Waals surface area contributed by atoms with Crippen LogP contribution in [0.5, 0.6) is 0 Å². The number of fused-ring (bicyclic) bond motifs is 6. The number of aryl methyl sites for hydroxylation is 1. The van der Waals surface area contributed by atoms with Crippen molar-refractivity contribution in [2.24, 2.45) is 5.41 Å². The van der Waals surface area contributed by atoms with Gasteiger partial charge in [0, 0.05) is 53.2 Å². The maximum Gasteiger partial charge on any atom is 0.216 e. The molecule has 1 radical (unpaired) electrons. The summed E-state index contributed by atoms with van der Waals surface area (Å²) in [6, 6.07) is 51.8. The van der Waals surface area contributed by atoms with Crippen LogP contribution >= 0.6 is 0 Å². The third-order valence-corrected chi connectivity index (χ3v) is 11.2. The number of nitrogens with zero attached hydrogens (tertiary/aromatic N) is 3. The first kappa shape index (κ1) is 36.1. The largest absolute Gasteiger partial charge is 0.486 e. The fourth-order valence-corrected chi connectivity index (χ4v) is 8.28. The van der Waals surface area contributed by atoms with Crippen LogP contribution in [0.15, 0.2) is 156 Å². The summed E-state index contributed by atoms with van der Waals surface area (Å²) < 4.78 is 64.9. The van der Waals surface area contributed by atoms with E-state index in [1.54, 1.807) is 30.6 Å². The molecular formula is C59H53IrN3O-2. The van der Waals surface area contributed by atoms with Crippen molar-refractivity contribution in [3.05, 3.63) is 186 Å². The molecule has 0 saturated heterocycles. The summed E-state index contributed by atoms with van der Waals surface area (Å²) in [6.07, 6.45) is 1.99. The van der Waals surface area contributed by atoms with E-state index in [9.17, 15) is 2.74 Å².